The van der Waals surface area contributed by atoms with Crippen molar-refractivity contribution in [1.29, 1.82) is 0 Å². The smallest absolute Gasteiger partial charge is 0.253 e. The van der Waals surface area contributed by atoms with Crippen molar-refractivity contribution in [2.45, 2.75) is 18.9 Å². The number of rotatable bonds is 5. The molecule has 0 atom stereocenters. The van der Waals surface area contributed by atoms with Gasteiger partial charge in [-0.3, -0.25) is 9.78 Å². The minimum atomic E-state index is 0.0328. The van der Waals surface area contributed by atoms with Crippen LogP contribution in [0.25, 0.3) is 0 Å². The molecule has 0 saturated carbocycles. The van der Waals surface area contributed by atoms with Crippen LogP contribution in [-0.2, 0) is 0 Å². The number of ether oxygens (including phenoxy) is 2. The number of piperidine rings is 1. The van der Waals surface area contributed by atoms with Crippen LogP contribution in [0, 0.1) is 0 Å². The molecule has 1 aromatic heterocycles. The van der Waals surface area contributed by atoms with Crippen molar-refractivity contribution < 1.29 is 14.3 Å². The van der Waals surface area contributed by atoms with Gasteiger partial charge in [-0.1, -0.05) is 11.6 Å². The van der Waals surface area contributed by atoms with E-state index in [1.54, 1.807) is 36.7 Å². The molecule has 0 bridgehead atoms. The summed E-state index contributed by atoms with van der Waals surface area (Å²) >= 11 is 5.91. The van der Waals surface area contributed by atoms with Crippen molar-refractivity contribution in [3.63, 3.8) is 0 Å². The monoisotopic (exact) mass is 408 g/mol. The molecule has 4 rings (SSSR count). The molecule has 6 heteroatoms. The maximum absolute atomic E-state index is 12.8. The van der Waals surface area contributed by atoms with E-state index in [9.17, 15) is 4.79 Å². The second-order valence-electron chi connectivity index (χ2n) is 6.87. The Hall–Kier alpha value is -3.05. The fourth-order valence-corrected chi connectivity index (χ4v) is 3.40. The van der Waals surface area contributed by atoms with Gasteiger partial charge in [0.2, 0.25) is 0 Å². The highest BCUT2D eigenvalue weighted by Gasteiger charge is 2.24. The maximum atomic E-state index is 12.8. The number of amides is 1. The number of hydrogen-bond donors (Lipinski definition) is 0. The summed E-state index contributed by atoms with van der Waals surface area (Å²) in [7, 11) is 0. The fraction of sp³-hybridized carbons (Fsp3) is 0.217. The van der Waals surface area contributed by atoms with Crippen molar-refractivity contribution in [2.24, 2.45) is 0 Å². The Morgan fingerprint density at radius 2 is 1.45 bits per heavy atom. The molecular formula is C23H21ClN2O3. The van der Waals surface area contributed by atoms with Gasteiger partial charge in [0.1, 0.15) is 23.4 Å². The molecule has 1 fully saturated rings. The molecule has 1 amide bonds. The number of likely N-dealkylation sites (tertiary alicyclic amines) is 1. The SMILES string of the molecule is O=C(c1ccc(Oc2ccncc2)cc1)N1CCC(Oc2ccc(Cl)cc2)CC1. The molecule has 0 unspecified atom stereocenters. The van der Waals surface area contributed by atoms with Gasteiger partial charge >= 0.3 is 0 Å². The highest BCUT2D eigenvalue weighted by molar-refractivity contribution is 6.30. The molecule has 148 valence electrons. The van der Waals surface area contributed by atoms with Crippen molar-refractivity contribution in [2.75, 3.05) is 13.1 Å². The lowest BCUT2D eigenvalue weighted by molar-refractivity contribution is 0.0595. The summed E-state index contributed by atoms with van der Waals surface area (Å²) < 4.78 is 11.7. The third kappa shape index (κ3) is 5.06. The van der Waals surface area contributed by atoms with E-state index >= 15 is 0 Å². The summed E-state index contributed by atoms with van der Waals surface area (Å²) in [5.74, 6) is 2.24. The molecule has 0 spiro atoms. The van der Waals surface area contributed by atoms with Gasteiger partial charge in [-0.15, -0.1) is 0 Å². The van der Waals surface area contributed by atoms with Crippen molar-refractivity contribution >= 4 is 17.5 Å². The van der Waals surface area contributed by atoms with Gasteiger partial charge in [0.25, 0.3) is 5.91 Å². The van der Waals surface area contributed by atoms with Crippen LogP contribution in [0.15, 0.2) is 73.1 Å². The Kier molecular flexibility index (Phi) is 5.96. The van der Waals surface area contributed by atoms with Crippen molar-refractivity contribution in [1.82, 2.24) is 9.88 Å². The third-order valence-electron chi connectivity index (χ3n) is 4.83. The minimum Gasteiger partial charge on any atom is -0.490 e. The first-order valence-corrected chi connectivity index (χ1v) is 9.94. The number of aromatic nitrogens is 1. The van der Waals surface area contributed by atoms with E-state index in [0.717, 1.165) is 18.6 Å². The highest BCUT2D eigenvalue weighted by Crippen LogP contribution is 2.24. The first-order valence-electron chi connectivity index (χ1n) is 9.57. The summed E-state index contributed by atoms with van der Waals surface area (Å²) in [6.07, 6.45) is 5.06. The summed E-state index contributed by atoms with van der Waals surface area (Å²) in [6.45, 7) is 1.35. The molecule has 2 aromatic carbocycles. The molecule has 29 heavy (non-hydrogen) atoms. The molecule has 0 N–H and O–H groups in total. The Balaban J connectivity index is 1.30. The summed E-state index contributed by atoms with van der Waals surface area (Å²) in [4.78, 5) is 18.6. The summed E-state index contributed by atoms with van der Waals surface area (Å²) in [6, 6.07) is 18.2. The van der Waals surface area contributed by atoms with Crippen LogP contribution in [0.1, 0.15) is 23.2 Å². The molecule has 0 aliphatic carbocycles. The number of benzene rings is 2. The molecule has 1 aliphatic rings. The van der Waals surface area contributed by atoms with Gasteiger partial charge in [-0.2, -0.15) is 0 Å². The largest absolute Gasteiger partial charge is 0.490 e. The number of carbonyl (C=O) groups excluding carboxylic acids is 1. The van der Waals surface area contributed by atoms with Gasteiger partial charge in [-0.05, 0) is 60.7 Å². The average molecular weight is 409 g/mol. The molecule has 0 radical (unpaired) electrons. The van der Waals surface area contributed by atoms with Crippen LogP contribution in [-0.4, -0.2) is 35.0 Å². The van der Waals surface area contributed by atoms with E-state index in [1.807, 2.05) is 41.3 Å². The van der Waals surface area contributed by atoms with Gasteiger partial charge < -0.3 is 14.4 Å². The van der Waals surface area contributed by atoms with Crippen molar-refractivity contribution in [3.8, 4) is 17.2 Å². The zero-order valence-electron chi connectivity index (χ0n) is 15.8. The first kappa shape index (κ1) is 19.3. The Morgan fingerprint density at radius 1 is 0.862 bits per heavy atom. The number of hydrogen-bond acceptors (Lipinski definition) is 4. The van der Waals surface area contributed by atoms with Crippen molar-refractivity contribution in [3.05, 3.63) is 83.6 Å². The van der Waals surface area contributed by atoms with Crippen LogP contribution in [0.3, 0.4) is 0 Å². The lowest BCUT2D eigenvalue weighted by atomic mass is 10.1. The van der Waals surface area contributed by atoms with Crippen LogP contribution in [0.2, 0.25) is 5.02 Å². The second kappa shape index (κ2) is 8.97. The topological polar surface area (TPSA) is 51.7 Å². The second-order valence-corrected chi connectivity index (χ2v) is 7.31. The predicted molar refractivity (Wildman–Crippen MR) is 112 cm³/mol. The normalized spacial score (nSPS) is 14.4. The van der Waals surface area contributed by atoms with E-state index in [1.165, 1.54) is 0 Å². The number of carbonyl (C=O) groups is 1. The van der Waals surface area contributed by atoms with Gasteiger partial charge in [-0.25, -0.2) is 0 Å². The third-order valence-corrected chi connectivity index (χ3v) is 5.08. The van der Waals surface area contributed by atoms with E-state index in [0.29, 0.717) is 35.2 Å². The predicted octanol–water partition coefficient (Wildman–Crippen LogP) is 5.21. The Morgan fingerprint density at radius 3 is 2.10 bits per heavy atom. The molecular weight excluding hydrogens is 388 g/mol. The molecule has 2 heterocycles. The highest BCUT2D eigenvalue weighted by atomic mass is 35.5. The molecule has 1 aliphatic heterocycles. The van der Waals surface area contributed by atoms with Gasteiger partial charge in [0.15, 0.2) is 0 Å². The average Bonchev–Trinajstić information content (AvgIpc) is 2.77. The fourth-order valence-electron chi connectivity index (χ4n) is 3.27. The van der Waals surface area contributed by atoms with Crippen LogP contribution in [0.5, 0.6) is 17.2 Å². The quantitative estimate of drug-likeness (QED) is 0.581. The Bertz CT molecular complexity index is 938. The van der Waals surface area contributed by atoms with E-state index in [-0.39, 0.29) is 12.0 Å². The molecule has 3 aromatic rings. The van der Waals surface area contributed by atoms with E-state index < -0.39 is 0 Å². The zero-order valence-corrected chi connectivity index (χ0v) is 16.6. The maximum Gasteiger partial charge on any atom is 0.253 e. The van der Waals surface area contributed by atoms with Crippen LogP contribution in [0.4, 0.5) is 0 Å². The zero-order chi connectivity index (χ0) is 20.1. The van der Waals surface area contributed by atoms with Crippen LogP contribution >= 0.6 is 11.6 Å². The van der Waals surface area contributed by atoms with Gasteiger partial charge in [0, 0.05) is 48.9 Å². The lowest BCUT2D eigenvalue weighted by Crippen LogP contribution is -2.41. The van der Waals surface area contributed by atoms with E-state index in [2.05, 4.69) is 4.98 Å². The molecule has 1 saturated heterocycles. The number of halogens is 1. The number of nitrogens with zero attached hydrogens (tertiary/aromatic N) is 2. The molecule has 5 nitrogen and oxygen atoms in total. The van der Waals surface area contributed by atoms with Gasteiger partial charge in [0.05, 0.1) is 0 Å². The Labute approximate surface area is 174 Å². The summed E-state index contributed by atoms with van der Waals surface area (Å²) in [5, 5.41) is 0.690. The lowest BCUT2D eigenvalue weighted by Gasteiger charge is -2.32. The minimum absolute atomic E-state index is 0.0328. The van der Waals surface area contributed by atoms with E-state index in [4.69, 9.17) is 21.1 Å². The number of pyridine rings is 1. The standard InChI is InChI=1S/C23H21ClN2O3/c24-18-3-7-20(8-4-18)29-22-11-15-26(16-12-22)23(27)17-1-5-19(6-2-17)28-21-9-13-25-14-10-21/h1-10,13-14,22H,11-12,15-16H2. The summed E-state index contributed by atoms with van der Waals surface area (Å²) in [5.41, 5.74) is 0.657. The van der Waals surface area contributed by atoms with Crippen LogP contribution < -0.4 is 9.47 Å². The first-order chi connectivity index (χ1) is 14.2.